The van der Waals surface area contributed by atoms with E-state index in [4.69, 9.17) is 11.6 Å². The van der Waals surface area contributed by atoms with Crippen LogP contribution in [-0.4, -0.2) is 47.2 Å². The third-order valence-corrected chi connectivity index (χ3v) is 5.53. The van der Waals surface area contributed by atoms with E-state index in [1.807, 2.05) is 37.4 Å². The van der Waals surface area contributed by atoms with Crippen LogP contribution in [0.15, 0.2) is 46.3 Å². The molecule has 0 saturated carbocycles. The molecule has 0 spiro atoms. The number of carbonyl (C=O) groups excluding carboxylic acids is 1. The number of amides is 1. The van der Waals surface area contributed by atoms with Gasteiger partial charge >= 0.3 is 0 Å². The molecule has 1 fully saturated rings. The Morgan fingerprint density at radius 1 is 1.21 bits per heavy atom. The van der Waals surface area contributed by atoms with Crippen molar-refractivity contribution in [3.8, 4) is 0 Å². The second-order valence-electron chi connectivity index (χ2n) is 5.69. The second kappa shape index (κ2) is 7.96. The summed E-state index contributed by atoms with van der Waals surface area (Å²) in [4.78, 5) is 15.2. The molecule has 3 rings (SSSR count). The van der Waals surface area contributed by atoms with E-state index in [1.54, 1.807) is 11.0 Å². The lowest BCUT2D eigenvalue weighted by atomic mass is 10.1. The van der Waals surface area contributed by atoms with Crippen LogP contribution in [0.25, 0.3) is 0 Å². The zero-order valence-corrected chi connectivity index (χ0v) is 15.0. The summed E-state index contributed by atoms with van der Waals surface area (Å²) < 4.78 is 0. The summed E-state index contributed by atoms with van der Waals surface area (Å²) in [5, 5.41) is 12.9. The van der Waals surface area contributed by atoms with E-state index < -0.39 is 0 Å². The van der Waals surface area contributed by atoms with Crippen molar-refractivity contribution in [1.29, 1.82) is 0 Å². The van der Waals surface area contributed by atoms with Gasteiger partial charge in [-0.2, -0.15) is 0 Å². The predicted octanol–water partition coefficient (Wildman–Crippen LogP) is 3.11. The number of carbonyl (C=O) groups is 1. The molecule has 5 nitrogen and oxygen atoms in total. The van der Waals surface area contributed by atoms with Crippen molar-refractivity contribution in [1.82, 2.24) is 20.4 Å². The summed E-state index contributed by atoms with van der Waals surface area (Å²) in [7, 11) is 1.84. The molecule has 1 aromatic carbocycles. The van der Waals surface area contributed by atoms with Crippen molar-refractivity contribution in [2.45, 2.75) is 28.8 Å². The first-order valence-corrected chi connectivity index (χ1v) is 9.08. The molecule has 0 atom stereocenters. The molecule has 1 saturated heterocycles. The Balaban J connectivity index is 1.67. The highest BCUT2D eigenvalue weighted by molar-refractivity contribution is 7.99. The Kier molecular flexibility index (Phi) is 5.71. The van der Waals surface area contributed by atoms with Gasteiger partial charge in [-0.15, -0.1) is 10.2 Å². The number of nitrogens with one attached hydrogen (secondary N) is 1. The number of benzene rings is 1. The largest absolute Gasteiger partial charge is 0.337 e. The summed E-state index contributed by atoms with van der Waals surface area (Å²) in [6, 6.07) is 11.4. The van der Waals surface area contributed by atoms with E-state index >= 15 is 0 Å². The molecule has 1 aromatic heterocycles. The molecule has 1 N–H and O–H groups in total. The number of piperidine rings is 1. The number of nitrogens with zero attached hydrogens (tertiary/aromatic N) is 3. The first kappa shape index (κ1) is 17.2. The zero-order valence-electron chi connectivity index (χ0n) is 13.4. The van der Waals surface area contributed by atoms with Crippen LogP contribution in [0.4, 0.5) is 0 Å². The highest BCUT2D eigenvalue weighted by Crippen LogP contribution is 2.31. The standard InChI is InChI=1S/C17H19ClN4OS/c1-22(12-8-10-19-11-9-12)17(23)14-6-7-16(21-20-14)24-15-5-3-2-4-13(15)18/h2-7,12,19H,8-11H2,1H3. The van der Waals surface area contributed by atoms with Crippen LogP contribution in [0.2, 0.25) is 5.02 Å². The molecule has 0 unspecified atom stereocenters. The Labute approximate surface area is 150 Å². The van der Waals surface area contributed by atoms with Gasteiger partial charge in [0.1, 0.15) is 5.03 Å². The van der Waals surface area contributed by atoms with Gasteiger partial charge in [-0.1, -0.05) is 35.5 Å². The lowest BCUT2D eigenvalue weighted by Crippen LogP contribution is -2.44. The highest BCUT2D eigenvalue weighted by atomic mass is 35.5. The van der Waals surface area contributed by atoms with Crippen LogP contribution >= 0.6 is 23.4 Å². The molecule has 2 heterocycles. The third-order valence-electron chi connectivity index (χ3n) is 4.09. The third kappa shape index (κ3) is 4.06. The second-order valence-corrected chi connectivity index (χ2v) is 7.16. The number of rotatable bonds is 4. The molecule has 0 radical (unpaired) electrons. The minimum absolute atomic E-state index is 0.0799. The van der Waals surface area contributed by atoms with Gasteiger partial charge in [0.15, 0.2) is 5.69 Å². The van der Waals surface area contributed by atoms with Crippen LogP contribution in [-0.2, 0) is 0 Å². The SMILES string of the molecule is CN(C(=O)c1ccc(Sc2ccccc2Cl)nn1)C1CCNCC1. The van der Waals surface area contributed by atoms with Gasteiger partial charge in [-0.25, -0.2) is 0 Å². The van der Waals surface area contributed by atoms with Crippen LogP contribution in [0.1, 0.15) is 23.3 Å². The smallest absolute Gasteiger partial charge is 0.274 e. The fourth-order valence-electron chi connectivity index (χ4n) is 2.67. The lowest BCUT2D eigenvalue weighted by Gasteiger charge is -2.31. The molecule has 1 aliphatic heterocycles. The first-order valence-electron chi connectivity index (χ1n) is 7.89. The maximum Gasteiger partial charge on any atom is 0.274 e. The molecule has 7 heteroatoms. The van der Waals surface area contributed by atoms with E-state index in [1.165, 1.54) is 11.8 Å². The summed E-state index contributed by atoms with van der Waals surface area (Å²) in [5.74, 6) is -0.0799. The molecule has 24 heavy (non-hydrogen) atoms. The number of halogens is 1. The van der Waals surface area contributed by atoms with Gasteiger partial charge in [-0.05, 0) is 50.2 Å². The molecular weight excluding hydrogens is 344 g/mol. The molecule has 0 bridgehead atoms. The van der Waals surface area contributed by atoms with Gasteiger partial charge in [0.05, 0.1) is 5.02 Å². The van der Waals surface area contributed by atoms with E-state index in [2.05, 4.69) is 15.5 Å². The van der Waals surface area contributed by atoms with E-state index in [0.29, 0.717) is 15.7 Å². The maximum absolute atomic E-state index is 12.5. The van der Waals surface area contributed by atoms with Crippen LogP contribution in [0.3, 0.4) is 0 Å². The minimum Gasteiger partial charge on any atom is -0.337 e. The highest BCUT2D eigenvalue weighted by Gasteiger charge is 2.23. The van der Waals surface area contributed by atoms with Gasteiger partial charge in [0.2, 0.25) is 0 Å². The van der Waals surface area contributed by atoms with Crippen molar-refractivity contribution in [2.75, 3.05) is 20.1 Å². The summed E-state index contributed by atoms with van der Waals surface area (Å²) in [5.41, 5.74) is 0.375. The van der Waals surface area contributed by atoms with Crippen LogP contribution in [0.5, 0.6) is 0 Å². The summed E-state index contributed by atoms with van der Waals surface area (Å²) in [6.07, 6.45) is 1.94. The van der Waals surface area contributed by atoms with Gasteiger partial charge < -0.3 is 10.2 Å². The van der Waals surface area contributed by atoms with E-state index in [0.717, 1.165) is 30.8 Å². The topological polar surface area (TPSA) is 58.1 Å². The Bertz CT molecular complexity index is 704. The molecule has 2 aromatic rings. The Morgan fingerprint density at radius 2 is 1.96 bits per heavy atom. The zero-order chi connectivity index (χ0) is 16.9. The number of aromatic nitrogens is 2. The van der Waals surface area contributed by atoms with E-state index in [9.17, 15) is 4.79 Å². The minimum atomic E-state index is -0.0799. The fourth-order valence-corrected chi connectivity index (χ4v) is 3.68. The average Bonchev–Trinajstić information content (AvgIpc) is 2.64. The number of hydrogen-bond donors (Lipinski definition) is 1. The molecule has 1 aliphatic rings. The fraction of sp³-hybridized carbons (Fsp3) is 0.353. The van der Waals surface area contributed by atoms with Crippen LogP contribution < -0.4 is 5.32 Å². The summed E-state index contributed by atoms with van der Waals surface area (Å²) >= 11 is 7.58. The molecule has 0 aliphatic carbocycles. The maximum atomic E-state index is 12.5. The average molecular weight is 363 g/mol. The van der Waals surface area contributed by atoms with Gasteiger partial charge in [-0.3, -0.25) is 4.79 Å². The Hall–Kier alpha value is -1.63. The predicted molar refractivity (Wildman–Crippen MR) is 95.6 cm³/mol. The molecule has 1 amide bonds. The first-order chi connectivity index (χ1) is 11.6. The van der Waals surface area contributed by atoms with Gasteiger partial charge in [0, 0.05) is 18.0 Å². The monoisotopic (exact) mass is 362 g/mol. The van der Waals surface area contributed by atoms with Crippen molar-refractivity contribution in [3.63, 3.8) is 0 Å². The summed E-state index contributed by atoms with van der Waals surface area (Å²) in [6.45, 7) is 1.89. The van der Waals surface area contributed by atoms with Gasteiger partial charge in [0.25, 0.3) is 5.91 Å². The number of hydrogen-bond acceptors (Lipinski definition) is 5. The van der Waals surface area contributed by atoms with Crippen molar-refractivity contribution < 1.29 is 4.79 Å². The molecule has 126 valence electrons. The van der Waals surface area contributed by atoms with E-state index in [-0.39, 0.29) is 11.9 Å². The molecular formula is C17H19ClN4OS. The Morgan fingerprint density at radius 3 is 2.62 bits per heavy atom. The van der Waals surface area contributed by atoms with Crippen LogP contribution in [0, 0.1) is 0 Å². The normalized spacial score (nSPS) is 15.2. The van der Waals surface area contributed by atoms with Crippen molar-refractivity contribution in [2.24, 2.45) is 0 Å². The van der Waals surface area contributed by atoms with Crippen molar-refractivity contribution >= 4 is 29.3 Å². The lowest BCUT2D eigenvalue weighted by molar-refractivity contribution is 0.0695. The quantitative estimate of drug-likeness (QED) is 0.905. The van der Waals surface area contributed by atoms with Crippen molar-refractivity contribution in [3.05, 3.63) is 47.1 Å².